The molecule has 8 heteroatoms. The van der Waals surface area contributed by atoms with Crippen molar-refractivity contribution >= 4 is 23.4 Å². The molecule has 110 valence electrons. The van der Waals surface area contributed by atoms with Crippen LogP contribution < -0.4 is 5.32 Å². The Kier molecular flexibility index (Phi) is 4.29. The summed E-state index contributed by atoms with van der Waals surface area (Å²) in [6.07, 6.45) is 0.200. The number of hydrogen-bond donors (Lipinski definition) is 2. The Morgan fingerprint density at radius 1 is 1.60 bits per heavy atom. The first-order chi connectivity index (χ1) is 9.47. The van der Waals surface area contributed by atoms with E-state index in [4.69, 9.17) is 16.7 Å². The van der Waals surface area contributed by atoms with Gasteiger partial charge in [0.1, 0.15) is 11.7 Å². The van der Waals surface area contributed by atoms with Gasteiger partial charge < -0.3 is 15.3 Å². The van der Waals surface area contributed by atoms with Gasteiger partial charge in [0.25, 0.3) is 5.91 Å². The molecule has 0 saturated carbocycles. The number of piperazine rings is 1. The third-order valence-electron chi connectivity index (χ3n) is 3.35. The molecule has 1 saturated heterocycles. The van der Waals surface area contributed by atoms with E-state index in [0.717, 1.165) is 0 Å². The normalized spacial score (nSPS) is 19.1. The zero-order chi connectivity index (χ0) is 14.9. The van der Waals surface area contributed by atoms with E-state index in [0.29, 0.717) is 23.8 Å². The number of aliphatic hydroxyl groups excluding tert-OH is 1. The molecule has 1 atom stereocenters. The van der Waals surface area contributed by atoms with Gasteiger partial charge in [0.05, 0.1) is 10.7 Å². The third-order valence-corrected chi connectivity index (χ3v) is 3.80. The maximum Gasteiger partial charge on any atom is 0.274 e. The van der Waals surface area contributed by atoms with Gasteiger partial charge >= 0.3 is 0 Å². The van der Waals surface area contributed by atoms with Gasteiger partial charge in [0.2, 0.25) is 5.91 Å². The van der Waals surface area contributed by atoms with Crippen molar-refractivity contribution in [2.24, 2.45) is 7.05 Å². The minimum Gasteiger partial charge on any atom is -0.396 e. The summed E-state index contributed by atoms with van der Waals surface area (Å²) < 4.78 is 1.42. The molecule has 2 rings (SSSR count). The highest BCUT2D eigenvalue weighted by Crippen LogP contribution is 2.23. The fraction of sp³-hybridized carbons (Fsp3) is 0.583. The SMILES string of the molecule is Cc1nn(C)c(C(=O)N2CCNC(=O)[C@@H]2CCO)c1Cl. The van der Waals surface area contributed by atoms with Crippen LogP contribution in [0.3, 0.4) is 0 Å². The van der Waals surface area contributed by atoms with Crippen LogP contribution in [0.5, 0.6) is 0 Å². The second-order valence-electron chi connectivity index (χ2n) is 4.69. The maximum atomic E-state index is 12.6. The van der Waals surface area contributed by atoms with Crippen molar-refractivity contribution in [2.45, 2.75) is 19.4 Å². The van der Waals surface area contributed by atoms with Crippen LogP contribution in [0.15, 0.2) is 0 Å². The number of nitrogens with one attached hydrogen (secondary N) is 1. The summed E-state index contributed by atoms with van der Waals surface area (Å²) >= 11 is 6.11. The van der Waals surface area contributed by atoms with E-state index in [1.54, 1.807) is 14.0 Å². The van der Waals surface area contributed by atoms with Gasteiger partial charge in [0.15, 0.2) is 0 Å². The average molecular weight is 301 g/mol. The van der Waals surface area contributed by atoms with Gasteiger partial charge in [-0.25, -0.2) is 0 Å². The molecule has 1 fully saturated rings. The molecular formula is C12H17ClN4O3. The smallest absolute Gasteiger partial charge is 0.274 e. The van der Waals surface area contributed by atoms with Crippen molar-refractivity contribution in [3.63, 3.8) is 0 Å². The topological polar surface area (TPSA) is 87.5 Å². The van der Waals surface area contributed by atoms with Crippen molar-refractivity contribution in [3.05, 3.63) is 16.4 Å². The van der Waals surface area contributed by atoms with Gasteiger partial charge in [-0.3, -0.25) is 14.3 Å². The van der Waals surface area contributed by atoms with Gasteiger partial charge in [-0.2, -0.15) is 5.10 Å². The molecule has 0 bridgehead atoms. The average Bonchev–Trinajstić information content (AvgIpc) is 2.65. The molecular weight excluding hydrogens is 284 g/mol. The van der Waals surface area contributed by atoms with Crippen LogP contribution in [0.25, 0.3) is 0 Å². The van der Waals surface area contributed by atoms with E-state index in [2.05, 4.69) is 10.4 Å². The van der Waals surface area contributed by atoms with Crippen molar-refractivity contribution in [1.82, 2.24) is 20.0 Å². The molecule has 1 aliphatic rings. The second kappa shape index (κ2) is 5.80. The van der Waals surface area contributed by atoms with Crippen LogP contribution in [0, 0.1) is 6.92 Å². The zero-order valence-corrected chi connectivity index (χ0v) is 12.1. The van der Waals surface area contributed by atoms with Crippen LogP contribution in [-0.4, -0.2) is 57.3 Å². The minimum atomic E-state index is -0.674. The molecule has 2 N–H and O–H groups in total. The molecule has 1 aromatic rings. The van der Waals surface area contributed by atoms with Crippen molar-refractivity contribution in [3.8, 4) is 0 Å². The monoisotopic (exact) mass is 300 g/mol. The van der Waals surface area contributed by atoms with E-state index >= 15 is 0 Å². The summed E-state index contributed by atoms with van der Waals surface area (Å²) in [5.74, 6) is -0.597. The summed E-state index contributed by atoms with van der Waals surface area (Å²) in [5.41, 5.74) is 0.833. The van der Waals surface area contributed by atoms with Gasteiger partial charge in [-0.15, -0.1) is 0 Å². The molecule has 1 aliphatic heterocycles. The van der Waals surface area contributed by atoms with Gasteiger partial charge in [-0.05, 0) is 13.3 Å². The van der Waals surface area contributed by atoms with E-state index in [1.807, 2.05) is 0 Å². The highest BCUT2D eigenvalue weighted by atomic mass is 35.5. The fourth-order valence-electron chi connectivity index (χ4n) is 2.37. The van der Waals surface area contributed by atoms with E-state index < -0.39 is 6.04 Å². The van der Waals surface area contributed by atoms with Crippen molar-refractivity contribution in [2.75, 3.05) is 19.7 Å². The number of carbonyl (C=O) groups is 2. The Balaban J connectivity index is 2.32. The molecule has 1 aromatic heterocycles. The van der Waals surface area contributed by atoms with Gasteiger partial charge in [0, 0.05) is 26.7 Å². The number of aryl methyl sites for hydroxylation is 2. The van der Waals surface area contributed by atoms with Crippen LogP contribution in [0.2, 0.25) is 5.02 Å². The molecule has 0 unspecified atom stereocenters. The summed E-state index contributed by atoms with van der Waals surface area (Å²) in [6, 6.07) is -0.674. The molecule has 0 aromatic carbocycles. The van der Waals surface area contributed by atoms with Crippen LogP contribution in [-0.2, 0) is 11.8 Å². The Bertz CT molecular complexity index is 543. The standard InChI is InChI=1S/C12H17ClN4O3/c1-7-9(13)10(16(2)15-7)12(20)17-5-4-14-11(19)8(17)3-6-18/h8,18H,3-6H2,1-2H3,(H,14,19)/t8-/m0/s1. The highest BCUT2D eigenvalue weighted by molar-refractivity contribution is 6.34. The fourth-order valence-corrected chi connectivity index (χ4v) is 2.61. The number of hydrogen-bond acceptors (Lipinski definition) is 4. The number of aliphatic hydroxyl groups is 1. The lowest BCUT2D eigenvalue weighted by atomic mass is 10.1. The molecule has 2 heterocycles. The summed E-state index contributed by atoms with van der Waals surface area (Å²) in [7, 11) is 1.64. The van der Waals surface area contributed by atoms with Crippen molar-refractivity contribution in [1.29, 1.82) is 0 Å². The Labute approximate surface area is 121 Å². The predicted octanol–water partition coefficient (Wildman–Crippen LogP) is -0.295. The minimum absolute atomic E-state index is 0.167. The van der Waals surface area contributed by atoms with E-state index in [1.165, 1.54) is 9.58 Å². The summed E-state index contributed by atoms with van der Waals surface area (Å²) in [4.78, 5) is 25.9. The van der Waals surface area contributed by atoms with E-state index in [-0.39, 0.29) is 30.5 Å². The molecule has 2 amide bonds. The maximum absolute atomic E-state index is 12.6. The molecule has 0 aliphatic carbocycles. The number of amides is 2. The Morgan fingerprint density at radius 3 is 2.85 bits per heavy atom. The van der Waals surface area contributed by atoms with Crippen LogP contribution in [0.1, 0.15) is 22.6 Å². The lowest BCUT2D eigenvalue weighted by Gasteiger charge is -2.34. The summed E-state index contributed by atoms with van der Waals surface area (Å²) in [6.45, 7) is 2.32. The van der Waals surface area contributed by atoms with Crippen LogP contribution in [0.4, 0.5) is 0 Å². The first-order valence-corrected chi connectivity index (χ1v) is 6.73. The lowest BCUT2D eigenvalue weighted by Crippen LogP contribution is -2.57. The summed E-state index contributed by atoms with van der Waals surface area (Å²) in [5, 5.41) is 16.1. The highest BCUT2D eigenvalue weighted by Gasteiger charge is 2.35. The number of nitrogens with zero attached hydrogens (tertiary/aromatic N) is 3. The number of carbonyl (C=O) groups excluding carboxylic acids is 2. The third kappa shape index (κ3) is 2.51. The van der Waals surface area contributed by atoms with Crippen LogP contribution >= 0.6 is 11.6 Å². The zero-order valence-electron chi connectivity index (χ0n) is 11.4. The van der Waals surface area contributed by atoms with E-state index in [9.17, 15) is 9.59 Å². The Hall–Kier alpha value is -1.60. The number of aromatic nitrogens is 2. The largest absolute Gasteiger partial charge is 0.396 e. The first-order valence-electron chi connectivity index (χ1n) is 6.36. The van der Waals surface area contributed by atoms with Gasteiger partial charge in [-0.1, -0.05) is 11.6 Å². The van der Waals surface area contributed by atoms with Crippen molar-refractivity contribution < 1.29 is 14.7 Å². The number of rotatable bonds is 3. The number of halogens is 1. The molecule has 7 nitrogen and oxygen atoms in total. The first kappa shape index (κ1) is 14.8. The predicted molar refractivity (Wildman–Crippen MR) is 72.5 cm³/mol. The molecule has 0 radical (unpaired) electrons. The second-order valence-corrected chi connectivity index (χ2v) is 5.07. The molecule has 0 spiro atoms. The molecule has 20 heavy (non-hydrogen) atoms. The quantitative estimate of drug-likeness (QED) is 0.803. The lowest BCUT2D eigenvalue weighted by molar-refractivity contribution is -0.128. The Morgan fingerprint density at radius 2 is 2.30 bits per heavy atom.